The van der Waals surface area contributed by atoms with Gasteiger partial charge < -0.3 is 8.94 Å². The van der Waals surface area contributed by atoms with E-state index in [0.29, 0.717) is 35.5 Å². The van der Waals surface area contributed by atoms with Gasteiger partial charge in [0.15, 0.2) is 0 Å². The second-order valence-corrected chi connectivity index (χ2v) is 9.09. The first-order chi connectivity index (χ1) is 15.7. The second-order valence-electron chi connectivity index (χ2n) is 9.09. The van der Waals surface area contributed by atoms with E-state index in [1.807, 2.05) is 42.5 Å². The lowest BCUT2D eigenvalue weighted by Gasteiger charge is -2.31. The van der Waals surface area contributed by atoms with Crippen LogP contribution in [0.15, 0.2) is 63.5 Å². The van der Waals surface area contributed by atoms with Gasteiger partial charge >= 0.3 is 0 Å². The van der Waals surface area contributed by atoms with Crippen LogP contribution in [0.25, 0.3) is 22.8 Å². The zero-order valence-electron chi connectivity index (χ0n) is 18.1. The molecule has 1 saturated carbocycles. The molecule has 7 heteroatoms. The quantitative estimate of drug-likeness (QED) is 0.450. The number of hydrogen-bond acceptors (Lipinski definition) is 7. The summed E-state index contributed by atoms with van der Waals surface area (Å²) < 4.78 is 11.6. The molecule has 1 aliphatic heterocycles. The molecule has 0 radical (unpaired) electrons. The Morgan fingerprint density at radius 2 is 1.81 bits per heavy atom. The highest BCUT2D eigenvalue weighted by Gasteiger charge is 2.58. The largest absolute Gasteiger partial charge is 0.420 e. The maximum atomic E-state index is 6.03. The summed E-state index contributed by atoms with van der Waals surface area (Å²) in [6, 6.07) is 18.1. The summed E-state index contributed by atoms with van der Waals surface area (Å²) in [5.74, 6) is 3.11. The van der Waals surface area contributed by atoms with E-state index in [4.69, 9.17) is 8.94 Å². The number of rotatable bonds is 5. The van der Waals surface area contributed by atoms with Gasteiger partial charge in [-0.1, -0.05) is 47.1 Å². The van der Waals surface area contributed by atoms with E-state index in [9.17, 15) is 0 Å². The molecular weight excluding hydrogens is 402 g/mol. The van der Waals surface area contributed by atoms with Crippen LogP contribution in [0.1, 0.15) is 42.5 Å². The van der Waals surface area contributed by atoms with Gasteiger partial charge in [0.2, 0.25) is 23.5 Å². The topological polar surface area (TPSA) is 81.1 Å². The minimum absolute atomic E-state index is 0.304. The summed E-state index contributed by atoms with van der Waals surface area (Å²) >= 11 is 0. The SMILES string of the molecule is Cc1cccc(-c2noc(CN3CCC4(CC3)C[C@H]4c3nnc(-c4ccccc4)o3)n2)c1. The van der Waals surface area contributed by atoms with E-state index >= 15 is 0 Å². The minimum atomic E-state index is 0.304. The van der Waals surface area contributed by atoms with Crippen molar-refractivity contribution in [3.63, 3.8) is 0 Å². The van der Waals surface area contributed by atoms with E-state index in [0.717, 1.165) is 49.4 Å². The second kappa shape index (κ2) is 7.67. The van der Waals surface area contributed by atoms with Gasteiger partial charge in [0, 0.05) is 17.0 Å². The summed E-state index contributed by atoms with van der Waals surface area (Å²) in [5.41, 5.74) is 3.46. The van der Waals surface area contributed by atoms with Gasteiger partial charge in [-0.15, -0.1) is 10.2 Å². The molecule has 1 spiro atoms. The van der Waals surface area contributed by atoms with Crippen LogP contribution in [0.5, 0.6) is 0 Å². The number of benzene rings is 2. The molecule has 32 heavy (non-hydrogen) atoms. The Kier molecular flexibility index (Phi) is 4.64. The van der Waals surface area contributed by atoms with Crippen LogP contribution >= 0.6 is 0 Å². The van der Waals surface area contributed by atoms with Gasteiger partial charge in [0.05, 0.1) is 6.54 Å². The Labute approximate surface area is 186 Å². The molecule has 162 valence electrons. The van der Waals surface area contributed by atoms with Crippen LogP contribution in [-0.4, -0.2) is 38.3 Å². The molecule has 1 saturated heterocycles. The molecule has 3 heterocycles. The third kappa shape index (κ3) is 3.62. The monoisotopic (exact) mass is 427 g/mol. The van der Waals surface area contributed by atoms with Crippen molar-refractivity contribution in [1.82, 2.24) is 25.2 Å². The molecule has 2 fully saturated rings. The average molecular weight is 428 g/mol. The van der Waals surface area contributed by atoms with E-state index in [2.05, 4.69) is 44.3 Å². The van der Waals surface area contributed by atoms with E-state index in [1.54, 1.807) is 0 Å². The number of hydrogen-bond donors (Lipinski definition) is 0. The molecule has 1 aliphatic carbocycles. The van der Waals surface area contributed by atoms with Crippen LogP contribution in [0.4, 0.5) is 0 Å². The molecule has 1 atom stereocenters. The van der Waals surface area contributed by atoms with Gasteiger partial charge in [-0.2, -0.15) is 4.98 Å². The Balaban J connectivity index is 1.07. The molecule has 0 N–H and O–H groups in total. The van der Waals surface area contributed by atoms with Crippen molar-refractivity contribution in [3.05, 3.63) is 71.9 Å². The van der Waals surface area contributed by atoms with Crippen molar-refractivity contribution in [2.24, 2.45) is 5.41 Å². The number of nitrogens with zero attached hydrogens (tertiary/aromatic N) is 5. The predicted molar refractivity (Wildman–Crippen MR) is 119 cm³/mol. The van der Waals surface area contributed by atoms with Crippen molar-refractivity contribution in [2.75, 3.05) is 13.1 Å². The lowest BCUT2D eigenvalue weighted by Crippen LogP contribution is -2.34. The van der Waals surface area contributed by atoms with Crippen molar-refractivity contribution in [3.8, 4) is 22.8 Å². The molecule has 0 bridgehead atoms. The summed E-state index contributed by atoms with van der Waals surface area (Å²) in [6.45, 7) is 4.78. The number of aromatic nitrogens is 4. The molecule has 4 aromatic rings. The summed E-state index contributed by atoms with van der Waals surface area (Å²) in [5, 5.41) is 12.8. The first kappa shape index (κ1) is 19.4. The van der Waals surface area contributed by atoms with Crippen LogP contribution in [0.2, 0.25) is 0 Å². The van der Waals surface area contributed by atoms with E-state index in [-0.39, 0.29) is 0 Å². The smallest absolute Gasteiger partial charge is 0.247 e. The first-order valence-corrected chi connectivity index (χ1v) is 11.2. The fourth-order valence-corrected chi connectivity index (χ4v) is 4.89. The highest BCUT2D eigenvalue weighted by atomic mass is 16.5. The molecular formula is C25H25N5O2. The first-order valence-electron chi connectivity index (χ1n) is 11.2. The Morgan fingerprint density at radius 3 is 2.62 bits per heavy atom. The van der Waals surface area contributed by atoms with Crippen molar-refractivity contribution >= 4 is 0 Å². The lowest BCUT2D eigenvalue weighted by atomic mass is 9.91. The van der Waals surface area contributed by atoms with Gasteiger partial charge in [-0.25, -0.2) is 0 Å². The van der Waals surface area contributed by atoms with Crippen LogP contribution in [0, 0.1) is 12.3 Å². The summed E-state index contributed by atoms with van der Waals surface area (Å²) in [4.78, 5) is 7.01. The van der Waals surface area contributed by atoms with Crippen molar-refractivity contribution in [2.45, 2.75) is 38.6 Å². The third-order valence-electron chi connectivity index (χ3n) is 6.90. The molecule has 2 aromatic carbocycles. The average Bonchev–Trinajstić information content (AvgIpc) is 3.18. The maximum Gasteiger partial charge on any atom is 0.247 e. The molecule has 2 aliphatic rings. The van der Waals surface area contributed by atoms with E-state index < -0.39 is 0 Å². The minimum Gasteiger partial charge on any atom is -0.420 e. The zero-order valence-corrected chi connectivity index (χ0v) is 18.1. The highest BCUT2D eigenvalue weighted by molar-refractivity contribution is 5.55. The van der Waals surface area contributed by atoms with E-state index in [1.165, 1.54) is 5.56 Å². The number of likely N-dealkylation sites (tertiary alicyclic amines) is 1. The molecule has 2 aromatic heterocycles. The summed E-state index contributed by atoms with van der Waals surface area (Å²) in [7, 11) is 0. The van der Waals surface area contributed by atoms with Crippen LogP contribution < -0.4 is 0 Å². The molecule has 0 amide bonds. The van der Waals surface area contributed by atoms with Crippen molar-refractivity contribution in [1.29, 1.82) is 0 Å². The maximum absolute atomic E-state index is 6.03. The third-order valence-corrected chi connectivity index (χ3v) is 6.90. The fraction of sp³-hybridized carbons (Fsp3) is 0.360. The van der Waals surface area contributed by atoms with Gasteiger partial charge in [0.1, 0.15) is 0 Å². The molecule has 7 nitrogen and oxygen atoms in total. The molecule has 0 unspecified atom stereocenters. The fourth-order valence-electron chi connectivity index (χ4n) is 4.89. The van der Waals surface area contributed by atoms with Crippen molar-refractivity contribution < 1.29 is 8.94 Å². The standard InChI is InChI=1S/C25H25N5O2/c1-17-6-5-9-19(14-17)22-26-21(32-29-22)16-30-12-10-25(11-13-30)15-20(25)24-28-27-23(31-24)18-7-3-2-4-8-18/h2-9,14,20H,10-13,15-16H2,1H3/t20-/m0/s1. The van der Waals surface area contributed by atoms with Gasteiger partial charge in [-0.3, -0.25) is 4.90 Å². The number of aryl methyl sites for hydroxylation is 1. The van der Waals surface area contributed by atoms with Gasteiger partial charge in [-0.05, 0) is 62.9 Å². The number of piperidine rings is 1. The Bertz CT molecular complexity index is 1220. The van der Waals surface area contributed by atoms with Gasteiger partial charge in [0.25, 0.3) is 0 Å². The normalized spacial score (nSPS) is 20.0. The zero-order chi connectivity index (χ0) is 21.5. The predicted octanol–water partition coefficient (Wildman–Crippen LogP) is 4.86. The van der Waals surface area contributed by atoms with Crippen LogP contribution in [0.3, 0.4) is 0 Å². The van der Waals surface area contributed by atoms with Crippen LogP contribution in [-0.2, 0) is 6.54 Å². The lowest BCUT2D eigenvalue weighted by molar-refractivity contribution is 0.144. The Morgan fingerprint density at radius 1 is 1.00 bits per heavy atom. The Hall–Kier alpha value is -3.32. The molecule has 6 rings (SSSR count). The highest BCUT2D eigenvalue weighted by Crippen LogP contribution is 2.64. The summed E-state index contributed by atoms with van der Waals surface area (Å²) in [6.07, 6.45) is 3.38.